The highest BCUT2D eigenvalue weighted by Gasteiger charge is 2.41. The molecule has 0 radical (unpaired) electrons. The van der Waals surface area contributed by atoms with Crippen molar-refractivity contribution in [2.45, 2.75) is 65.1 Å². The largest absolute Gasteiger partial charge is 0.351 e. The maximum Gasteiger partial charge on any atom is 0.251 e. The molecule has 2 heterocycles. The van der Waals surface area contributed by atoms with Crippen molar-refractivity contribution in [1.82, 2.24) is 25.0 Å². The van der Waals surface area contributed by atoms with Gasteiger partial charge in [0.25, 0.3) is 5.91 Å². The minimum Gasteiger partial charge on any atom is -0.351 e. The van der Waals surface area contributed by atoms with Gasteiger partial charge in [-0.05, 0) is 32.6 Å². The number of hydrogen-bond donors (Lipinski definition) is 1. The summed E-state index contributed by atoms with van der Waals surface area (Å²) in [5.41, 5.74) is 0. The zero-order chi connectivity index (χ0) is 16.6. The topological polar surface area (TPSA) is 80.1 Å². The highest BCUT2D eigenvalue weighted by Crippen LogP contribution is 2.29. The third kappa shape index (κ3) is 2.96. The van der Waals surface area contributed by atoms with E-state index < -0.39 is 6.04 Å². The molecule has 1 aromatic heterocycles. The van der Waals surface area contributed by atoms with Crippen LogP contribution in [0.15, 0.2) is 0 Å². The van der Waals surface area contributed by atoms with E-state index in [0.717, 1.165) is 31.5 Å². The summed E-state index contributed by atoms with van der Waals surface area (Å²) < 4.78 is 1.95. The molecule has 7 nitrogen and oxygen atoms in total. The number of nitrogens with zero attached hydrogens (tertiary/aromatic N) is 4. The first-order valence-electron chi connectivity index (χ1n) is 8.57. The molecule has 1 fully saturated rings. The van der Waals surface area contributed by atoms with Crippen LogP contribution in [-0.2, 0) is 16.1 Å². The lowest BCUT2D eigenvalue weighted by atomic mass is 9.99. The van der Waals surface area contributed by atoms with Crippen molar-refractivity contribution in [3.63, 3.8) is 0 Å². The maximum atomic E-state index is 12.9. The van der Waals surface area contributed by atoms with Crippen LogP contribution in [0.25, 0.3) is 0 Å². The zero-order valence-corrected chi connectivity index (χ0v) is 14.1. The normalized spacial score (nSPS) is 20.5. The molecular formula is C16H25N5O2. The number of aryl methyl sites for hydroxylation is 1. The first-order chi connectivity index (χ1) is 11.1. The Morgan fingerprint density at radius 2 is 1.91 bits per heavy atom. The van der Waals surface area contributed by atoms with Gasteiger partial charge in [0.05, 0.1) is 0 Å². The Bertz CT molecular complexity index is 604. The van der Waals surface area contributed by atoms with Crippen molar-refractivity contribution < 1.29 is 9.59 Å². The van der Waals surface area contributed by atoms with Crippen LogP contribution in [-0.4, -0.2) is 44.1 Å². The molecule has 2 amide bonds. The standard InChI is InChI=1S/C16H25N5O2/c1-4-11(5-2)16(23)21-9-8-20-10(3)18-19-14(20)13(21)15(22)17-12-6-7-12/h11-13H,4-9H2,1-3H3,(H,17,22). The predicted octanol–water partition coefficient (Wildman–Crippen LogP) is 1.18. The van der Waals surface area contributed by atoms with Crippen molar-refractivity contribution in [2.24, 2.45) is 5.92 Å². The summed E-state index contributed by atoms with van der Waals surface area (Å²) in [5.74, 6) is 1.27. The van der Waals surface area contributed by atoms with Crippen molar-refractivity contribution in [1.29, 1.82) is 0 Å². The number of aromatic nitrogens is 3. The zero-order valence-electron chi connectivity index (χ0n) is 14.1. The molecule has 1 aliphatic heterocycles. The lowest BCUT2D eigenvalue weighted by molar-refractivity contribution is -0.146. The van der Waals surface area contributed by atoms with E-state index in [0.29, 0.717) is 18.9 Å². The number of carbonyl (C=O) groups is 2. The van der Waals surface area contributed by atoms with Gasteiger partial charge in [0.2, 0.25) is 5.91 Å². The molecule has 0 aromatic carbocycles. The van der Waals surface area contributed by atoms with E-state index in [1.54, 1.807) is 4.90 Å². The summed E-state index contributed by atoms with van der Waals surface area (Å²) >= 11 is 0. The molecule has 1 aliphatic carbocycles. The molecule has 1 saturated carbocycles. The Kier molecular flexibility index (Phi) is 4.37. The lowest BCUT2D eigenvalue weighted by Gasteiger charge is -2.36. The lowest BCUT2D eigenvalue weighted by Crippen LogP contribution is -2.51. The summed E-state index contributed by atoms with van der Waals surface area (Å²) in [5, 5.41) is 11.3. The Hall–Kier alpha value is -1.92. The van der Waals surface area contributed by atoms with E-state index in [1.165, 1.54) is 0 Å². The molecule has 1 aromatic rings. The molecule has 7 heteroatoms. The van der Waals surface area contributed by atoms with Gasteiger partial charge in [0.1, 0.15) is 5.82 Å². The molecule has 1 atom stereocenters. The van der Waals surface area contributed by atoms with E-state index in [1.807, 2.05) is 25.3 Å². The van der Waals surface area contributed by atoms with Crippen LogP contribution in [0.1, 0.15) is 57.2 Å². The third-order valence-electron chi connectivity index (χ3n) is 4.88. The summed E-state index contributed by atoms with van der Waals surface area (Å²) in [6.07, 6.45) is 3.61. The van der Waals surface area contributed by atoms with Crippen molar-refractivity contribution in [3.8, 4) is 0 Å². The summed E-state index contributed by atoms with van der Waals surface area (Å²) in [4.78, 5) is 27.3. The van der Waals surface area contributed by atoms with Gasteiger partial charge in [0, 0.05) is 25.0 Å². The monoisotopic (exact) mass is 319 g/mol. The van der Waals surface area contributed by atoms with Crippen molar-refractivity contribution >= 4 is 11.8 Å². The second kappa shape index (κ2) is 6.29. The van der Waals surface area contributed by atoms with Gasteiger partial charge in [-0.2, -0.15) is 0 Å². The highest BCUT2D eigenvalue weighted by molar-refractivity contribution is 5.89. The number of hydrogen-bond acceptors (Lipinski definition) is 4. The summed E-state index contributed by atoms with van der Waals surface area (Å²) in [7, 11) is 0. The van der Waals surface area contributed by atoms with E-state index in [4.69, 9.17) is 0 Å². The highest BCUT2D eigenvalue weighted by atomic mass is 16.2. The van der Waals surface area contributed by atoms with Crippen LogP contribution in [0.3, 0.4) is 0 Å². The van der Waals surface area contributed by atoms with E-state index in [2.05, 4.69) is 15.5 Å². The fourth-order valence-corrected chi connectivity index (χ4v) is 3.23. The number of amides is 2. The van der Waals surface area contributed by atoms with E-state index in [9.17, 15) is 9.59 Å². The third-order valence-corrected chi connectivity index (χ3v) is 4.88. The van der Waals surface area contributed by atoms with Crippen LogP contribution in [0, 0.1) is 12.8 Å². The number of rotatable bonds is 5. The number of nitrogens with one attached hydrogen (secondary N) is 1. The number of fused-ring (bicyclic) bond motifs is 1. The molecule has 126 valence electrons. The molecule has 0 bridgehead atoms. The molecular weight excluding hydrogens is 294 g/mol. The van der Waals surface area contributed by atoms with Gasteiger partial charge in [-0.15, -0.1) is 10.2 Å². The van der Waals surface area contributed by atoms with Gasteiger partial charge in [-0.1, -0.05) is 13.8 Å². The van der Waals surface area contributed by atoms with E-state index in [-0.39, 0.29) is 23.8 Å². The molecule has 1 unspecified atom stereocenters. The fraction of sp³-hybridized carbons (Fsp3) is 0.750. The Labute approximate surface area is 136 Å². The summed E-state index contributed by atoms with van der Waals surface area (Å²) in [6, 6.07) is -0.398. The minimum absolute atomic E-state index is 0.0400. The molecule has 2 aliphatic rings. The quantitative estimate of drug-likeness (QED) is 0.884. The second-order valence-corrected chi connectivity index (χ2v) is 6.49. The van der Waals surface area contributed by atoms with Gasteiger partial charge < -0.3 is 14.8 Å². The Morgan fingerprint density at radius 3 is 2.52 bits per heavy atom. The molecule has 3 rings (SSSR count). The molecule has 23 heavy (non-hydrogen) atoms. The average Bonchev–Trinajstić information content (AvgIpc) is 3.28. The van der Waals surface area contributed by atoms with Gasteiger partial charge in [-0.3, -0.25) is 9.59 Å². The van der Waals surface area contributed by atoms with E-state index >= 15 is 0 Å². The second-order valence-electron chi connectivity index (χ2n) is 6.49. The first kappa shape index (κ1) is 16.0. The van der Waals surface area contributed by atoms with Crippen molar-refractivity contribution in [3.05, 3.63) is 11.6 Å². The predicted molar refractivity (Wildman–Crippen MR) is 84.4 cm³/mol. The average molecular weight is 319 g/mol. The summed E-state index contributed by atoms with van der Waals surface area (Å²) in [6.45, 7) is 7.09. The minimum atomic E-state index is -0.654. The Morgan fingerprint density at radius 1 is 1.22 bits per heavy atom. The van der Waals surface area contributed by atoms with Gasteiger partial charge in [0.15, 0.2) is 11.9 Å². The first-order valence-corrected chi connectivity index (χ1v) is 8.57. The van der Waals surface area contributed by atoms with Gasteiger partial charge in [-0.25, -0.2) is 0 Å². The number of carbonyl (C=O) groups excluding carboxylic acids is 2. The fourth-order valence-electron chi connectivity index (χ4n) is 3.23. The van der Waals surface area contributed by atoms with Crippen LogP contribution in [0.2, 0.25) is 0 Å². The SMILES string of the molecule is CCC(CC)C(=O)N1CCn2c(C)nnc2C1C(=O)NC1CC1. The molecule has 1 N–H and O–H groups in total. The van der Waals surface area contributed by atoms with Crippen LogP contribution in [0.5, 0.6) is 0 Å². The van der Waals surface area contributed by atoms with Crippen LogP contribution >= 0.6 is 0 Å². The van der Waals surface area contributed by atoms with Crippen LogP contribution in [0.4, 0.5) is 0 Å². The molecule has 0 saturated heterocycles. The maximum absolute atomic E-state index is 12.9. The van der Waals surface area contributed by atoms with Crippen LogP contribution < -0.4 is 5.32 Å². The van der Waals surface area contributed by atoms with Gasteiger partial charge >= 0.3 is 0 Å². The smallest absolute Gasteiger partial charge is 0.251 e. The molecule has 0 spiro atoms. The van der Waals surface area contributed by atoms with Crippen molar-refractivity contribution in [2.75, 3.05) is 6.54 Å². The Balaban J connectivity index is 1.91.